The Morgan fingerprint density at radius 2 is 1.51 bits per heavy atom. The number of nitrogens with zero attached hydrogens (tertiary/aromatic N) is 3. The van der Waals surface area contributed by atoms with Gasteiger partial charge in [0, 0.05) is 24.7 Å². The molecule has 3 aromatic carbocycles. The van der Waals surface area contributed by atoms with Crippen LogP contribution in [0.15, 0.2) is 109 Å². The number of benzene rings is 3. The van der Waals surface area contributed by atoms with Gasteiger partial charge < -0.3 is 30.7 Å². The van der Waals surface area contributed by atoms with Gasteiger partial charge >= 0.3 is 12.1 Å². The monoisotopic (exact) mass is 780 g/mol. The van der Waals surface area contributed by atoms with Crippen molar-refractivity contribution in [1.29, 1.82) is 0 Å². The van der Waals surface area contributed by atoms with Crippen molar-refractivity contribution >= 4 is 53.1 Å². The van der Waals surface area contributed by atoms with E-state index in [2.05, 4.69) is 25.3 Å². The Morgan fingerprint density at radius 3 is 2.15 bits per heavy atom. The first-order valence-electron chi connectivity index (χ1n) is 18.2. The molecular weight excluding hydrogens is 733 g/mol. The van der Waals surface area contributed by atoms with Crippen LogP contribution in [0.3, 0.4) is 0 Å². The van der Waals surface area contributed by atoms with Crippen LogP contribution in [0.5, 0.6) is 0 Å². The lowest BCUT2D eigenvalue weighted by atomic mass is 9.93. The Bertz CT molecular complexity index is 1940. The molecule has 55 heavy (non-hydrogen) atoms. The third kappa shape index (κ3) is 13.5. The molecule has 0 fully saturated rings. The predicted molar refractivity (Wildman–Crippen MR) is 218 cm³/mol. The molecule has 5 aromatic rings. The van der Waals surface area contributed by atoms with Gasteiger partial charge in [-0.15, -0.1) is 11.3 Å². The zero-order valence-corrected chi connectivity index (χ0v) is 32.8. The maximum absolute atomic E-state index is 14.0. The van der Waals surface area contributed by atoms with Gasteiger partial charge in [0.1, 0.15) is 17.7 Å². The van der Waals surface area contributed by atoms with Crippen molar-refractivity contribution in [2.75, 3.05) is 7.05 Å². The highest BCUT2D eigenvalue weighted by molar-refractivity contribution is 7.10. The summed E-state index contributed by atoms with van der Waals surface area (Å²) in [5.41, 5.74) is 3.69. The number of rotatable bonds is 18. The van der Waals surface area contributed by atoms with Crippen molar-refractivity contribution in [3.8, 4) is 0 Å². The normalized spacial score (nSPS) is 13.5. The van der Waals surface area contributed by atoms with E-state index in [0.717, 1.165) is 32.3 Å². The molecule has 4 atom stereocenters. The van der Waals surface area contributed by atoms with Gasteiger partial charge in [0.25, 0.3) is 0 Å². The third-order valence-corrected chi connectivity index (χ3v) is 10.4. The number of carbonyl (C=O) groups excluding carboxylic acids is 3. The summed E-state index contributed by atoms with van der Waals surface area (Å²) in [5, 5.41) is 23.4. The first-order valence-corrected chi connectivity index (χ1v) is 19.9. The molecule has 2 aromatic heterocycles. The molecule has 5 rings (SSSR count). The van der Waals surface area contributed by atoms with E-state index in [1.165, 1.54) is 27.8 Å². The van der Waals surface area contributed by atoms with Crippen molar-refractivity contribution in [3.63, 3.8) is 0 Å². The number of nitrogens with one attached hydrogen (secondary N) is 3. The van der Waals surface area contributed by atoms with Crippen LogP contribution in [0.1, 0.15) is 52.5 Å². The van der Waals surface area contributed by atoms with Crippen LogP contribution in [-0.4, -0.2) is 68.7 Å². The average molecular weight is 781 g/mol. The molecule has 11 nitrogen and oxygen atoms in total. The molecule has 0 radical (unpaired) electrons. The third-order valence-electron chi connectivity index (χ3n) is 8.86. The largest absolute Gasteiger partial charge is 0.444 e. The number of hydrogen-bond acceptors (Lipinski definition) is 9. The van der Waals surface area contributed by atoms with E-state index < -0.39 is 36.4 Å². The second-order valence-corrected chi connectivity index (χ2v) is 15.4. The van der Waals surface area contributed by atoms with E-state index in [4.69, 9.17) is 4.74 Å². The summed E-state index contributed by atoms with van der Waals surface area (Å²) in [7, 11) is 1.67. The van der Waals surface area contributed by atoms with Crippen molar-refractivity contribution in [1.82, 2.24) is 30.2 Å². The molecule has 0 saturated heterocycles. The molecule has 0 spiro atoms. The molecule has 0 aliphatic carbocycles. The fraction of sp³-hybridized carbons (Fsp3) is 0.310. The molecular formula is C42H48N6O5S2. The molecule has 13 heteroatoms. The number of hydrogen-bond donors (Lipinski definition) is 4. The maximum atomic E-state index is 14.0. The first kappa shape index (κ1) is 40.8. The summed E-state index contributed by atoms with van der Waals surface area (Å²) in [6, 6.07) is 28.4. The van der Waals surface area contributed by atoms with Crippen molar-refractivity contribution < 1.29 is 24.2 Å². The average Bonchev–Trinajstić information content (AvgIpc) is 3.88. The zero-order chi connectivity index (χ0) is 39.0. The highest BCUT2D eigenvalue weighted by Crippen LogP contribution is 2.18. The van der Waals surface area contributed by atoms with Crippen molar-refractivity contribution in [3.05, 3.63) is 141 Å². The van der Waals surface area contributed by atoms with Crippen LogP contribution in [-0.2, 0) is 35.5 Å². The standard InChI is InChI=1S/C42H48N6O5S2/c1-29(2)39(47-41(51)48(3)26-34-28-54-38(44-34)20-19-30-13-7-4-8-14-30)40(50)45-33(23-31-15-9-5-10-16-31)25-37(49)36(24-32-17-11-6-12-18-32)46-42(52)53-27-35-21-22-43-55-35/h4-22,28-29,33,36-37,39,49H,23-27H2,1-3H3,(H,45,50)(H,46,52)(H,47,51)/t33-,36-,37-,39-/m0/s1. The fourth-order valence-corrected chi connectivity index (χ4v) is 7.12. The van der Waals surface area contributed by atoms with Crippen LogP contribution in [0.2, 0.25) is 0 Å². The SMILES string of the molecule is CC(C)[C@H](NC(=O)N(C)Cc1csc(C=Cc2ccccc2)n1)C(=O)N[C@@H](Cc1ccccc1)C[C@H](O)[C@H](Cc1ccccc1)NC(=O)OCc1ccns1. The van der Waals surface area contributed by atoms with Crippen LogP contribution in [0.4, 0.5) is 9.59 Å². The summed E-state index contributed by atoms with van der Waals surface area (Å²) in [6.45, 7) is 4.06. The van der Waals surface area contributed by atoms with Crippen LogP contribution in [0.25, 0.3) is 12.2 Å². The Balaban J connectivity index is 1.24. The topological polar surface area (TPSA) is 146 Å². The van der Waals surface area contributed by atoms with E-state index in [1.54, 1.807) is 19.3 Å². The number of aliphatic hydroxyl groups excluding tert-OH is 1. The smallest absolute Gasteiger partial charge is 0.407 e. The Morgan fingerprint density at radius 1 is 0.855 bits per heavy atom. The van der Waals surface area contributed by atoms with Gasteiger partial charge in [0.05, 0.1) is 29.3 Å². The number of carbonyl (C=O) groups is 3. The van der Waals surface area contributed by atoms with E-state index >= 15 is 0 Å². The lowest BCUT2D eigenvalue weighted by Crippen LogP contribution is -2.55. The first-order chi connectivity index (χ1) is 26.6. The molecule has 288 valence electrons. The maximum Gasteiger partial charge on any atom is 0.407 e. The second-order valence-electron chi connectivity index (χ2n) is 13.6. The minimum Gasteiger partial charge on any atom is -0.444 e. The van der Waals surface area contributed by atoms with E-state index in [9.17, 15) is 19.5 Å². The quantitative estimate of drug-likeness (QED) is 0.0753. The van der Waals surface area contributed by atoms with Gasteiger partial charge in [0.2, 0.25) is 5.91 Å². The number of ether oxygens (including phenoxy) is 1. The van der Waals surface area contributed by atoms with Gasteiger partial charge in [-0.3, -0.25) is 4.79 Å². The summed E-state index contributed by atoms with van der Waals surface area (Å²) in [6.07, 6.45) is 4.73. The van der Waals surface area contributed by atoms with Crippen molar-refractivity contribution in [2.24, 2.45) is 5.92 Å². The second kappa shape index (κ2) is 20.9. The molecule has 2 heterocycles. The Hall–Kier alpha value is -5.37. The highest BCUT2D eigenvalue weighted by Gasteiger charge is 2.31. The van der Waals surface area contributed by atoms with Crippen molar-refractivity contribution in [2.45, 2.75) is 70.5 Å². The number of aromatic nitrogens is 2. The minimum absolute atomic E-state index is 0.0613. The summed E-state index contributed by atoms with van der Waals surface area (Å²) >= 11 is 2.73. The number of alkyl carbamates (subject to hydrolysis) is 1. The number of thiazole rings is 1. The predicted octanol–water partition coefficient (Wildman–Crippen LogP) is 6.95. The number of aliphatic hydroxyl groups is 1. The van der Waals surface area contributed by atoms with Crippen LogP contribution >= 0.6 is 22.9 Å². The number of urea groups is 1. The molecule has 0 aliphatic heterocycles. The molecule has 0 unspecified atom stereocenters. The van der Waals surface area contributed by atoms with Gasteiger partial charge in [0.15, 0.2) is 0 Å². The number of amides is 4. The lowest BCUT2D eigenvalue weighted by Gasteiger charge is -2.30. The fourth-order valence-electron chi connectivity index (χ4n) is 5.93. The van der Waals surface area contributed by atoms with E-state index in [0.29, 0.717) is 12.8 Å². The molecule has 0 saturated carbocycles. The Kier molecular flexibility index (Phi) is 15.5. The molecule has 4 amide bonds. The zero-order valence-electron chi connectivity index (χ0n) is 31.2. The minimum atomic E-state index is -1.06. The summed E-state index contributed by atoms with van der Waals surface area (Å²) in [5.74, 6) is -0.613. The van der Waals surface area contributed by atoms with Gasteiger partial charge in [-0.25, -0.2) is 18.9 Å². The Labute approximate surface area is 330 Å². The van der Waals surface area contributed by atoms with E-state index in [1.807, 2.05) is 122 Å². The highest BCUT2D eigenvalue weighted by atomic mass is 32.1. The van der Waals surface area contributed by atoms with Gasteiger partial charge in [-0.05, 0) is 65.5 Å². The molecule has 0 bridgehead atoms. The van der Waals surface area contributed by atoms with Gasteiger partial charge in [-0.2, -0.15) is 0 Å². The molecule has 0 aliphatic rings. The molecule has 4 N–H and O–H groups in total. The van der Waals surface area contributed by atoms with E-state index in [-0.39, 0.29) is 31.4 Å². The summed E-state index contributed by atoms with van der Waals surface area (Å²) in [4.78, 5) is 47.3. The van der Waals surface area contributed by atoms with Gasteiger partial charge in [-0.1, -0.05) is 111 Å². The van der Waals surface area contributed by atoms with Crippen LogP contribution in [0, 0.1) is 5.92 Å². The lowest BCUT2D eigenvalue weighted by molar-refractivity contribution is -0.124. The van der Waals surface area contributed by atoms with Crippen LogP contribution < -0.4 is 16.0 Å². The summed E-state index contributed by atoms with van der Waals surface area (Å²) < 4.78 is 9.48.